The molecule has 0 aromatic heterocycles. The first-order valence-electron chi connectivity index (χ1n) is 10.2. The minimum Gasteiger partial charge on any atom is -0.493 e. The standard InChI is InChI=1S/C22H32N2O7/c1-22(2,3)31-21(27)24-10-6-7-16(13-24)20(26)30-14-19(25)23-12-15-8-9-17(28-4)18(11-15)29-5/h8-9,11,16H,6-7,10,12-14H2,1-5H3,(H,23,25). The summed E-state index contributed by atoms with van der Waals surface area (Å²) in [6, 6.07) is 5.32. The SMILES string of the molecule is COc1ccc(CNC(=O)COC(=O)C2CCCN(C(=O)OC(C)(C)C)C2)cc1OC. The van der Waals surface area contributed by atoms with Crippen LogP contribution in [-0.2, 0) is 25.6 Å². The molecule has 1 heterocycles. The number of ether oxygens (including phenoxy) is 4. The first kappa shape index (κ1) is 24.3. The van der Waals surface area contributed by atoms with Crippen molar-refractivity contribution >= 4 is 18.0 Å². The van der Waals surface area contributed by atoms with E-state index in [2.05, 4.69) is 5.32 Å². The molecule has 9 heteroatoms. The molecule has 2 amide bonds. The van der Waals surface area contributed by atoms with Crippen LogP contribution in [0.4, 0.5) is 4.79 Å². The van der Waals surface area contributed by atoms with Gasteiger partial charge in [0.2, 0.25) is 0 Å². The number of nitrogens with one attached hydrogen (secondary N) is 1. The highest BCUT2D eigenvalue weighted by molar-refractivity contribution is 5.81. The van der Waals surface area contributed by atoms with Crippen LogP contribution >= 0.6 is 0 Å². The maximum atomic E-state index is 12.4. The van der Waals surface area contributed by atoms with Gasteiger partial charge in [-0.1, -0.05) is 6.07 Å². The van der Waals surface area contributed by atoms with Crippen molar-refractivity contribution in [1.29, 1.82) is 0 Å². The molecule has 2 rings (SSSR count). The van der Waals surface area contributed by atoms with E-state index in [1.807, 2.05) is 0 Å². The number of carbonyl (C=O) groups is 3. The molecular weight excluding hydrogens is 404 g/mol. The second-order valence-corrected chi connectivity index (χ2v) is 8.34. The first-order chi connectivity index (χ1) is 14.6. The highest BCUT2D eigenvalue weighted by atomic mass is 16.6. The van der Waals surface area contributed by atoms with E-state index in [1.54, 1.807) is 46.1 Å². The number of amides is 2. The molecule has 1 aliphatic rings. The van der Waals surface area contributed by atoms with Gasteiger partial charge in [0.05, 0.1) is 20.1 Å². The second kappa shape index (κ2) is 10.9. The molecule has 9 nitrogen and oxygen atoms in total. The van der Waals surface area contributed by atoms with Crippen LogP contribution in [0.3, 0.4) is 0 Å². The van der Waals surface area contributed by atoms with Gasteiger partial charge in [-0.05, 0) is 51.3 Å². The summed E-state index contributed by atoms with van der Waals surface area (Å²) < 4.78 is 21.0. The minimum absolute atomic E-state index is 0.223. The normalized spacial score (nSPS) is 16.3. The molecule has 0 saturated carbocycles. The number of carbonyl (C=O) groups excluding carboxylic acids is 3. The van der Waals surface area contributed by atoms with E-state index in [0.717, 1.165) is 5.56 Å². The van der Waals surface area contributed by atoms with Crippen LogP contribution in [0.15, 0.2) is 18.2 Å². The summed E-state index contributed by atoms with van der Waals surface area (Å²) in [4.78, 5) is 38.2. The summed E-state index contributed by atoms with van der Waals surface area (Å²) >= 11 is 0. The molecule has 172 valence electrons. The summed E-state index contributed by atoms with van der Waals surface area (Å²) in [5.74, 6) is -0.218. The second-order valence-electron chi connectivity index (χ2n) is 8.34. The van der Waals surface area contributed by atoms with E-state index in [0.29, 0.717) is 30.9 Å². The molecule has 31 heavy (non-hydrogen) atoms. The Labute approximate surface area is 183 Å². The van der Waals surface area contributed by atoms with E-state index in [1.165, 1.54) is 12.0 Å². The molecule has 1 aromatic rings. The molecular formula is C22H32N2O7. The minimum atomic E-state index is -0.601. The summed E-state index contributed by atoms with van der Waals surface area (Å²) in [6.45, 7) is 6.01. The van der Waals surface area contributed by atoms with Crippen LogP contribution in [0.5, 0.6) is 11.5 Å². The smallest absolute Gasteiger partial charge is 0.410 e. The lowest BCUT2D eigenvalue weighted by Gasteiger charge is -2.33. The lowest BCUT2D eigenvalue weighted by Crippen LogP contribution is -2.45. The Balaban J connectivity index is 1.78. The number of nitrogens with zero attached hydrogens (tertiary/aromatic N) is 1. The van der Waals surface area contributed by atoms with Gasteiger partial charge in [-0.15, -0.1) is 0 Å². The number of esters is 1. The number of likely N-dealkylation sites (tertiary alicyclic amines) is 1. The van der Waals surface area contributed by atoms with Crippen molar-refractivity contribution in [1.82, 2.24) is 10.2 Å². The Kier molecular flexibility index (Phi) is 8.53. The molecule has 1 atom stereocenters. The largest absolute Gasteiger partial charge is 0.493 e. The number of hydrogen-bond donors (Lipinski definition) is 1. The number of benzene rings is 1. The van der Waals surface area contributed by atoms with E-state index >= 15 is 0 Å². The molecule has 1 aliphatic heterocycles. The van der Waals surface area contributed by atoms with Crippen LogP contribution in [-0.4, -0.2) is 62.4 Å². The Morgan fingerprint density at radius 3 is 2.48 bits per heavy atom. The van der Waals surface area contributed by atoms with Crippen molar-refractivity contribution in [3.63, 3.8) is 0 Å². The summed E-state index contributed by atoms with van der Waals surface area (Å²) in [5, 5.41) is 2.70. The van der Waals surface area contributed by atoms with Gasteiger partial charge < -0.3 is 29.2 Å². The fourth-order valence-electron chi connectivity index (χ4n) is 3.16. The first-order valence-corrected chi connectivity index (χ1v) is 10.2. The fraction of sp³-hybridized carbons (Fsp3) is 0.591. The van der Waals surface area contributed by atoms with Crippen molar-refractivity contribution in [2.24, 2.45) is 5.92 Å². The molecule has 1 saturated heterocycles. The van der Waals surface area contributed by atoms with Crippen LogP contribution in [0.25, 0.3) is 0 Å². The summed E-state index contributed by atoms with van der Waals surface area (Å²) in [7, 11) is 3.08. The van der Waals surface area contributed by atoms with Crippen molar-refractivity contribution in [3.05, 3.63) is 23.8 Å². The summed E-state index contributed by atoms with van der Waals surface area (Å²) in [5.41, 5.74) is 0.217. The van der Waals surface area contributed by atoms with Gasteiger partial charge in [-0.25, -0.2) is 4.79 Å². The maximum absolute atomic E-state index is 12.4. The Morgan fingerprint density at radius 1 is 1.13 bits per heavy atom. The molecule has 0 aliphatic carbocycles. The van der Waals surface area contributed by atoms with Crippen LogP contribution in [0.2, 0.25) is 0 Å². The zero-order chi connectivity index (χ0) is 23.0. The lowest BCUT2D eigenvalue weighted by atomic mass is 9.98. The van der Waals surface area contributed by atoms with Crippen LogP contribution < -0.4 is 14.8 Å². The highest BCUT2D eigenvalue weighted by Crippen LogP contribution is 2.27. The quantitative estimate of drug-likeness (QED) is 0.655. The van der Waals surface area contributed by atoms with E-state index < -0.39 is 29.5 Å². The number of methoxy groups -OCH3 is 2. The number of piperidine rings is 1. The fourth-order valence-corrected chi connectivity index (χ4v) is 3.16. The highest BCUT2D eigenvalue weighted by Gasteiger charge is 2.32. The molecule has 0 spiro atoms. The van der Waals surface area contributed by atoms with E-state index in [-0.39, 0.29) is 19.7 Å². The zero-order valence-electron chi connectivity index (χ0n) is 18.9. The molecule has 1 N–H and O–H groups in total. The predicted octanol–water partition coefficient (Wildman–Crippen LogP) is 2.51. The van der Waals surface area contributed by atoms with Crippen molar-refractivity contribution in [2.75, 3.05) is 33.9 Å². The Morgan fingerprint density at radius 2 is 1.84 bits per heavy atom. The van der Waals surface area contributed by atoms with Gasteiger partial charge in [-0.2, -0.15) is 0 Å². The van der Waals surface area contributed by atoms with Gasteiger partial charge in [0.15, 0.2) is 18.1 Å². The molecule has 0 bridgehead atoms. The van der Waals surface area contributed by atoms with E-state index in [4.69, 9.17) is 18.9 Å². The molecule has 0 radical (unpaired) electrons. The predicted molar refractivity (Wildman–Crippen MR) is 113 cm³/mol. The van der Waals surface area contributed by atoms with Gasteiger partial charge in [0, 0.05) is 19.6 Å². The number of rotatable bonds is 7. The van der Waals surface area contributed by atoms with Gasteiger partial charge in [-0.3, -0.25) is 9.59 Å². The molecule has 1 fully saturated rings. The van der Waals surface area contributed by atoms with Crippen molar-refractivity contribution in [2.45, 2.75) is 45.8 Å². The Bertz CT molecular complexity index is 789. The lowest BCUT2D eigenvalue weighted by molar-refractivity contribution is -0.154. The van der Waals surface area contributed by atoms with Gasteiger partial charge in [0.1, 0.15) is 5.60 Å². The third-order valence-electron chi connectivity index (χ3n) is 4.69. The van der Waals surface area contributed by atoms with Crippen molar-refractivity contribution in [3.8, 4) is 11.5 Å². The molecule has 1 aromatic carbocycles. The number of hydrogen-bond acceptors (Lipinski definition) is 7. The third kappa shape index (κ3) is 7.66. The molecule has 1 unspecified atom stereocenters. The van der Waals surface area contributed by atoms with Crippen LogP contribution in [0.1, 0.15) is 39.2 Å². The third-order valence-corrected chi connectivity index (χ3v) is 4.69. The van der Waals surface area contributed by atoms with Crippen LogP contribution in [0, 0.1) is 5.92 Å². The maximum Gasteiger partial charge on any atom is 0.410 e. The monoisotopic (exact) mass is 436 g/mol. The van der Waals surface area contributed by atoms with E-state index in [9.17, 15) is 14.4 Å². The Hall–Kier alpha value is -2.97. The van der Waals surface area contributed by atoms with Gasteiger partial charge in [0.25, 0.3) is 5.91 Å². The zero-order valence-corrected chi connectivity index (χ0v) is 18.9. The van der Waals surface area contributed by atoms with Crippen molar-refractivity contribution < 1.29 is 33.3 Å². The van der Waals surface area contributed by atoms with Gasteiger partial charge >= 0.3 is 12.1 Å². The topological polar surface area (TPSA) is 103 Å². The summed E-state index contributed by atoms with van der Waals surface area (Å²) in [6.07, 6.45) is 0.827. The average molecular weight is 437 g/mol. The average Bonchev–Trinajstić information content (AvgIpc) is 2.74.